The Morgan fingerprint density at radius 2 is 1.79 bits per heavy atom. The van der Waals surface area contributed by atoms with Gasteiger partial charge in [-0.1, -0.05) is 19.8 Å². The standard InChI is InChI=1S/C21H38N3O9P/c1-7-8-11-16(23-17(25)13(2)22-20(29)32-21(4,5)6)34(30,31)33-14(3)18(26)24-12-9-10-15(24)19(27)28/h13-16H,7-12H2,1-6H3,(H,22,29)(H,23,25)(H,27,28)(H,30,31)/t13-,14-,15-,16?/m0/s1. The first-order chi connectivity index (χ1) is 15.6. The van der Waals surface area contributed by atoms with Gasteiger partial charge >= 0.3 is 19.7 Å². The number of alkyl carbamates (subject to hydrolysis) is 1. The van der Waals surface area contributed by atoms with Crippen LogP contribution in [0.15, 0.2) is 0 Å². The fraction of sp³-hybridized carbons (Fsp3) is 0.810. The van der Waals surface area contributed by atoms with E-state index in [9.17, 15) is 33.7 Å². The molecular weight excluding hydrogens is 469 g/mol. The van der Waals surface area contributed by atoms with Gasteiger partial charge in [0.1, 0.15) is 29.6 Å². The topological polar surface area (TPSA) is 172 Å². The highest BCUT2D eigenvalue weighted by atomic mass is 31.2. The third-order valence-electron chi connectivity index (χ3n) is 5.14. The zero-order valence-corrected chi connectivity index (χ0v) is 21.6. The van der Waals surface area contributed by atoms with Crippen LogP contribution >= 0.6 is 7.60 Å². The van der Waals surface area contributed by atoms with Crippen LogP contribution in [0.3, 0.4) is 0 Å². The quantitative estimate of drug-likeness (QED) is 0.306. The summed E-state index contributed by atoms with van der Waals surface area (Å²) in [5.74, 6) is -3.91. The minimum Gasteiger partial charge on any atom is -0.480 e. The van der Waals surface area contributed by atoms with Gasteiger partial charge in [-0.25, -0.2) is 9.59 Å². The molecule has 1 aliphatic rings. The number of carbonyl (C=O) groups excluding carboxylic acids is 3. The predicted octanol–water partition coefficient (Wildman–Crippen LogP) is 2.20. The van der Waals surface area contributed by atoms with Crippen molar-refractivity contribution in [3.63, 3.8) is 0 Å². The van der Waals surface area contributed by atoms with Gasteiger partial charge in [-0.3, -0.25) is 18.7 Å². The molecule has 1 saturated heterocycles. The lowest BCUT2D eigenvalue weighted by Crippen LogP contribution is -2.49. The van der Waals surface area contributed by atoms with Crippen LogP contribution in [0.1, 0.15) is 73.6 Å². The maximum atomic E-state index is 13.1. The molecule has 3 amide bonds. The van der Waals surface area contributed by atoms with Crippen molar-refractivity contribution >= 4 is 31.5 Å². The number of aliphatic carboxylic acids is 1. The largest absolute Gasteiger partial charge is 0.480 e. The zero-order valence-electron chi connectivity index (χ0n) is 20.7. The number of nitrogens with zero attached hydrogens (tertiary/aromatic N) is 1. The van der Waals surface area contributed by atoms with E-state index in [0.717, 1.165) is 4.90 Å². The number of carbonyl (C=O) groups is 4. The molecule has 2 unspecified atom stereocenters. The molecule has 1 aliphatic heterocycles. The first-order valence-corrected chi connectivity index (χ1v) is 13.1. The van der Waals surface area contributed by atoms with Crippen molar-refractivity contribution < 1.29 is 43.0 Å². The van der Waals surface area contributed by atoms with Gasteiger partial charge in [0.2, 0.25) is 5.91 Å². The van der Waals surface area contributed by atoms with E-state index in [-0.39, 0.29) is 13.0 Å². The maximum Gasteiger partial charge on any atom is 0.408 e. The van der Waals surface area contributed by atoms with Crippen molar-refractivity contribution in [2.75, 3.05) is 6.54 Å². The van der Waals surface area contributed by atoms with Crippen LogP contribution in [0, 0.1) is 0 Å². The lowest BCUT2D eigenvalue weighted by atomic mass is 10.2. The van der Waals surface area contributed by atoms with Crippen molar-refractivity contribution in [1.82, 2.24) is 15.5 Å². The lowest BCUT2D eigenvalue weighted by Gasteiger charge is -2.29. The van der Waals surface area contributed by atoms with E-state index in [2.05, 4.69) is 10.6 Å². The van der Waals surface area contributed by atoms with Crippen LogP contribution in [-0.4, -0.2) is 74.9 Å². The number of hydrogen-bond donors (Lipinski definition) is 4. The summed E-state index contributed by atoms with van der Waals surface area (Å²) in [5.41, 5.74) is -0.768. The van der Waals surface area contributed by atoms with Crippen molar-refractivity contribution in [1.29, 1.82) is 0 Å². The van der Waals surface area contributed by atoms with Gasteiger partial charge in [0.05, 0.1) is 0 Å². The van der Waals surface area contributed by atoms with Gasteiger partial charge in [-0.15, -0.1) is 0 Å². The molecule has 12 nitrogen and oxygen atoms in total. The number of nitrogens with one attached hydrogen (secondary N) is 2. The molecule has 1 rings (SSSR count). The number of amides is 3. The molecular formula is C21H38N3O9P. The molecule has 0 saturated carbocycles. The highest BCUT2D eigenvalue weighted by molar-refractivity contribution is 7.53. The minimum absolute atomic E-state index is 0.0948. The summed E-state index contributed by atoms with van der Waals surface area (Å²) in [7, 11) is -4.56. The molecule has 0 aromatic heterocycles. The zero-order chi connectivity index (χ0) is 26.3. The molecule has 0 bridgehead atoms. The second-order valence-electron chi connectivity index (χ2n) is 9.37. The van der Waals surface area contributed by atoms with E-state index < -0.39 is 61.0 Å². The normalized spacial score (nSPS) is 20.6. The molecule has 34 heavy (non-hydrogen) atoms. The SMILES string of the molecule is CCCCC(NC(=O)[C@H](C)NC(=O)OC(C)(C)C)P(=O)(O)O[C@@H](C)C(=O)N1CCC[C@H]1C(=O)O. The van der Waals surface area contributed by atoms with Gasteiger partial charge in [-0.05, 0) is 53.9 Å². The Labute approximate surface area is 200 Å². The van der Waals surface area contributed by atoms with Crippen molar-refractivity contribution in [3.8, 4) is 0 Å². The number of rotatable bonds is 11. The molecule has 5 atom stereocenters. The second kappa shape index (κ2) is 12.5. The summed E-state index contributed by atoms with van der Waals surface area (Å²) in [6, 6.07) is -2.08. The van der Waals surface area contributed by atoms with E-state index >= 15 is 0 Å². The monoisotopic (exact) mass is 507 g/mol. The van der Waals surface area contributed by atoms with Crippen LogP contribution < -0.4 is 10.6 Å². The van der Waals surface area contributed by atoms with Crippen molar-refractivity contribution in [3.05, 3.63) is 0 Å². The Kier molecular flexibility index (Phi) is 11.0. The predicted molar refractivity (Wildman–Crippen MR) is 123 cm³/mol. The van der Waals surface area contributed by atoms with Crippen LogP contribution in [0.25, 0.3) is 0 Å². The van der Waals surface area contributed by atoms with E-state index in [4.69, 9.17) is 9.26 Å². The molecule has 0 aromatic carbocycles. The molecule has 1 fully saturated rings. The summed E-state index contributed by atoms with van der Waals surface area (Å²) in [4.78, 5) is 60.3. The fourth-order valence-electron chi connectivity index (χ4n) is 3.42. The highest BCUT2D eigenvalue weighted by Crippen LogP contribution is 2.49. The Balaban J connectivity index is 2.87. The molecule has 0 aliphatic carbocycles. The number of likely N-dealkylation sites (tertiary alicyclic amines) is 1. The van der Waals surface area contributed by atoms with E-state index in [1.165, 1.54) is 13.8 Å². The number of ether oxygens (including phenoxy) is 1. The Hall–Kier alpha value is -2.17. The average molecular weight is 508 g/mol. The van der Waals surface area contributed by atoms with Gasteiger partial charge in [0.15, 0.2) is 0 Å². The van der Waals surface area contributed by atoms with Crippen molar-refractivity contribution in [2.45, 2.75) is 103 Å². The average Bonchev–Trinajstić information content (AvgIpc) is 3.18. The molecule has 196 valence electrons. The van der Waals surface area contributed by atoms with E-state index in [1.807, 2.05) is 6.92 Å². The Bertz CT molecular complexity index is 799. The molecule has 4 N–H and O–H groups in total. The van der Waals surface area contributed by atoms with E-state index in [0.29, 0.717) is 25.7 Å². The summed E-state index contributed by atoms with van der Waals surface area (Å²) in [6.45, 7) is 9.74. The van der Waals surface area contributed by atoms with Crippen LogP contribution in [0.4, 0.5) is 4.79 Å². The van der Waals surface area contributed by atoms with Crippen LogP contribution in [0.2, 0.25) is 0 Å². The Morgan fingerprint density at radius 3 is 2.32 bits per heavy atom. The lowest BCUT2D eigenvalue weighted by molar-refractivity contribution is -0.151. The maximum absolute atomic E-state index is 13.1. The van der Waals surface area contributed by atoms with Crippen LogP contribution in [0.5, 0.6) is 0 Å². The number of unbranched alkanes of at least 4 members (excludes halogenated alkanes) is 1. The van der Waals surface area contributed by atoms with Gasteiger partial charge in [0.25, 0.3) is 5.91 Å². The summed E-state index contributed by atoms with van der Waals surface area (Å²) in [5, 5.41) is 14.1. The molecule has 0 aromatic rings. The van der Waals surface area contributed by atoms with Crippen LogP contribution in [-0.2, 0) is 28.2 Å². The molecule has 0 radical (unpaired) electrons. The van der Waals surface area contributed by atoms with Gasteiger partial charge in [0, 0.05) is 6.54 Å². The second-order valence-corrected chi connectivity index (χ2v) is 11.3. The molecule has 13 heteroatoms. The molecule has 1 heterocycles. The molecule has 0 spiro atoms. The fourth-order valence-corrected chi connectivity index (χ4v) is 4.91. The third kappa shape index (κ3) is 9.23. The first-order valence-electron chi connectivity index (χ1n) is 11.4. The smallest absolute Gasteiger partial charge is 0.408 e. The first kappa shape index (κ1) is 29.9. The van der Waals surface area contributed by atoms with Gasteiger partial charge < -0.3 is 30.3 Å². The third-order valence-corrected chi connectivity index (χ3v) is 6.93. The minimum atomic E-state index is -4.56. The van der Waals surface area contributed by atoms with Crippen molar-refractivity contribution in [2.24, 2.45) is 0 Å². The van der Waals surface area contributed by atoms with E-state index in [1.54, 1.807) is 20.8 Å². The number of hydrogen-bond acceptors (Lipinski definition) is 7. The number of carboxylic acids is 1. The highest BCUT2D eigenvalue weighted by Gasteiger charge is 2.41. The summed E-state index contributed by atoms with van der Waals surface area (Å²) in [6.07, 6.45) is -0.164. The van der Waals surface area contributed by atoms with Gasteiger partial charge in [-0.2, -0.15) is 0 Å². The Morgan fingerprint density at radius 1 is 1.18 bits per heavy atom. The summed E-state index contributed by atoms with van der Waals surface area (Å²) < 4.78 is 23.4. The number of carboxylic acid groups (broad SMARTS) is 1. The summed E-state index contributed by atoms with van der Waals surface area (Å²) >= 11 is 0.